The largest absolute Gasteiger partial charge is 0.344 e. The highest BCUT2D eigenvalue weighted by Gasteiger charge is 2.20. The van der Waals surface area contributed by atoms with Gasteiger partial charge in [-0.2, -0.15) is 0 Å². The van der Waals surface area contributed by atoms with Gasteiger partial charge < -0.3 is 10.6 Å². The van der Waals surface area contributed by atoms with E-state index in [0.29, 0.717) is 0 Å². The number of nitrogens with two attached hydrogens (primary N) is 1. The summed E-state index contributed by atoms with van der Waals surface area (Å²) in [5.41, 5.74) is 5.82. The van der Waals surface area contributed by atoms with E-state index in [1.54, 1.807) is 16.2 Å². The second-order valence-electron chi connectivity index (χ2n) is 4.36. The van der Waals surface area contributed by atoms with Gasteiger partial charge in [-0.25, -0.2) is 0 Å². The summed E-state index contributed by atoms with van der Waals surface area (Å²) in [6, 6.07) is 3.74. The lowest BCUT2D eigenvalue weighted by Crippen LogP contribution is -2.45. The second kappa shape index (κ2) is 6.01. The molecule has 1 heterocycles. The number of likely N-dealkylation sites (N-methyl/N-ethyl adjacent to an activating group) is 1. The lowest BCUT2D eigenvalue weighted by atomic mass is 10.0. The third-order valence-corrected chi connectivity index (χ3v) is 3.59. The Morgan fingerprint density at radius 3 is 2.75 bits per heavy atom. The summed E-state index contributed by atoms with van der Waals surface area (Å²) in [7, 11) is 1.82. The molecular formula is C12H20N2OS. The summed E-state index contributed by atoms with van der Waals surface area (Å²) in [6.45, 7) is 4.67. The first-order valence-corrected chi connectivity index (χ1v) is 6.43. The van der Waals surface area contributed by atoms with Gasteiger partial charge in [0.25, 0.3) is 0 Å². The maximum absolute atomic E-state index is 11.8. The van der Waals surface area contributed by atoms with Crippen molar-refractivity contribution in [1.29, 1.82) is 0 Å². The summed E-state index contributed by atoms with van der Waals surface area (Å²) in [5.74, 6) is 0.225. The minimum absolute atomic E-state index is 0.0338. The minimum Gasteiger partial charge on any atom is -0.344 e. The van der Waals surface area contributed by atoms with E-state index in [9.17, 15) is 4.79 Å². The van der Waals surface area contributed by atoms with Crippen LogP contribution in [0.5, 0.6) is 0 Å². The number of nitrogens with zero attached hydrogens (tertiary/aromatic N) is 1. The monoisotopic (exact) mass is 240 g/mol. The van der Waals surface area contributed by atoms with Crippen molar-refractivity contribution >= 4 is 17.2 Å². The van der Waals surface area contributed by atoms with Crippen molar-refractivity contribution in [3.63, 3.8) is 0 Å². The Labute approximate surface area is 101 Å². The predicted molar refractivity (Wildman–Crippen MR) is 68.5 cm³/mol. The molecule has 0 aliphatic carbocycles. The highest BCUT2D eigenvalue weighted by molar-refractivity contribution is 7.09. The third kappa shape index (κ3) is 3.61. The Morgan fingerprint density at radius 1 is 1.56 bits per heavy atom. The second-order valence-corrected chi connectivity index (χ2v) is 5.39. The molecule has 1 amide bonds. The Kier molecular flexibility index (Phi) is 4.96. The Morgan fingerprint density at radius 2 is 2.25 bits per heavy atom. The molecule has 0 unspecified atom stereocenters. The molecule has 0 spiro atoms. The zero-order chi connectivity index (χ0) is 12.1. The molecule has 90 valence electrons. The minimum atomic E-state index is -0.381. The fourth-order valence-electron chi connectivity index (χ4n) is 1.38. The van der Waals surface area contributed by atoms with E-state index in [1.807, 2.05) is 27.0 Å². The molecule has 1 aromatic heterocycles. The van der Waals surface area contributed by atoms with Gasteiger partial charge in [-0.05, 0) is 23.8 Å². The quantitative estimate of drug-likeness (QED) is 0.852. The maximum atomic E-state index is 11.8. The standard InChI is InChI=1S/C12H20N2OS/c1-9(2)11(13)12(15)14(3)7-6-10-5-4-8-16-10/h4-5,8-9,11H,6-7,13H2,1-3H3/t11-/m1/s1. The zero-order valence-corrected chi connectivity index (χ0v) is 11.0. The molecule has 3 nitrogen and oxygen atoms in total. The topological polar surface area (TPSA) is 46.3 Å². The number of rotatable bonds is 5. The SMILES string of the molecule is CC(C)[C@@H](N)C(=O)N(C)CCc1cccs1. The van der Waals surface area contributed by atoms with Crippen LogP contribution in [0.1, 0.15) is 18.7 Å². The Bertz CT molecular complexity index is 322. The molecule has 1 aromatic rings. The van der Waals surface area contributed by atoms with Crippen molar-refractivity contribution in [2.24, 2.45) is 11.7 Å². The molecule has 0 saturated heterocycles. The van der Waals surface area contributed by atoms with Crippen LogP contribution in [0.15, 0.2) is 17.5 Å². The van der Waals surface area contributed by atoms with Gasteiger partial charge in [0.05, 0.1) is 6.04 Å². The Balaban J connectivity index is 2.40. The van der Waals surface area contributed by atoms with Crippen molar-refractivity contribution in [1.82, 2.24) is 4.90 Å². The molecule has 2 N–H and O–H groups in total. The van der Waals surface area contributed by atoms with Crippen molar-refractivity contribution in [3.05, 3.63) is 22.4 Å². The van der Waals surface area contributed by atoms with Crippen LogP contribution in [0, 0.1) is 5.92 Å². The molecular weight excluding hydrogens is 220 g/mol. The first kappa shape index (κ1) is 13.2. The van der Waals surface area contributed by atoms with Crippen molar-refractivity contribution in [3.8, 4) is 0 Å². The van der Waals surface area contributed by atoms with Crippen LogP contribution in [0.2, 0.25) is 0 Å². The van der Waals surface area contributed by atoms with Crippen LogP contribution in [0.4, 0.5) is 0 Å². The molecule has 0 fully saturated rings. The summed E-state index contributed by atoms with van der Waals surface area (Å²) < 4.78 is 0. The third-order valence-electron chi connectivity index (χ3n) is 2.65. The predicted octanol–water partition coefficient (Wildman–Crippen LogP) is 1.73. The van der Waals surface area contributed by atoms with E-state index in [0.717, 1.165) is 13.0 Å². The fraction of sp³-hybridized carbons (Fsp3) is 0.583. The highest BCUT2D eigenvalue weighted by Crippen LogP contribution is 2.10. The van der Waals surface area contributed by atoms with Crippen LogP contribution in [0.3, 0.4) is 0 Å². The average Bonchev–Trinajstić information content (AvgIpc) is 2.76. The first-order valence-electron chi connectivity index (χ1n) is 5.55. The highest BCUT2D eigenvalue weighted by atomic mass is 32.1. The molecule has 0 aliphatic rings. The summed E-state index contributed by atoms with van der Waals surface area (Å²) >= 11 is 1.72. The molecule has 1 rings (SSSR count). The smallest absolute Gasteiger partial charge is 0.239 e. The molecule has 0 bridgehead atoms. The van der Waals surface area contributed by atoms with Crippen LogP contribution in [0.25, 0.3) is 0 Å². The van der Waals surface area contributed by atoms with Crippen molar-refractivity contribution in [2.45, 2.75) is 26.3 Å². The normalized spacial score (nSPS) is 12.8. The van der Waals surface area contributed by atoms with Gasteiger partial charge in [0, 0.05) is 18.5 Å². The van der Waals surface area contributed by atoms with Crippen molar-refractivity contribution < 1.29 is 4.79 Å². The maximum Gasteiger partial charge on any atom is 0.239 e. The van der Waals surface area contributed by atoms with Gasteiger partial charge in [0.1, 0.15) is 0 Å². The van der Waals surface area contributed by atoms with Crippen LogP contribution < -0.4 is 5.73 Å². The van der Waals surface area contributed by atoms with E-state index in [1.165, 1.54) is 4.88 Å². The molecule has 0 aromatic carbocycles. The number of hydrogen-bond acceptors (Lipinski definition) is 3. The fourth-order valence-corrected chi connectivity index (χ4v) is 2.08. The van der Waals surface area contributed by atoms with Gasteiger partial charge in [-0.1, -0.05) is 19.9 Å². The van der Waals surface area contributed by atoms with Gasteiger partial charge in [0.15, 0.2) is 0 Å². The molecule has 0 saturated carbocycles. The molecule has 0 aliphatic heterocycles. The number of thiophene rings is 1. The summed E-state index contributed by atoms with van der Waals surface area (Å²) in [4.78, 5) is 14.9. The van der Waals surface area contributed by atoms with E-state index in [2.05, 4.69) is 11.4 Å². The number of carbonyl (C=O) groups is 1. The first-order chi connectivity index (χ1) is 7.52. The zero-order valence-electron chi connectivity index (χ0n) is 10.1. The lowest BCUT2D eigenvalue weighted by molar-refractivity contribution is -0.132. The van der Waals surface area contributed by atoms with E-state index in [-0.39, 0.29) is 17.9 Å². The average molecular weight is 240 g/mol. The summed E-state index contributed by atoms with van der Waals surface area (Å²) in [6.07, 6.45) is 0.907. The molecule has 16 heavy (non-hydrogen) atoms. The number of amides is 1. The van der Waals surface area contributed by atoms with Gasteiger partial charge in [0.2, 0.25) is 5.91 Å². The number of carbonyl (C=O) groups excluding carboxylic acids is 1. The summed E-state index contributed by atoms with van der Waals surface area (Å²) in [5, 5.41) is 2.05. The van der Waals surface area contributed by atoms with E-state index < -0.39 is 0 Å². The number of hydrogen-bond donors (Lipinski definition) is 1. The van der Waals surface area contributed by atoms with E-state index >= 15 is 0 Å². The van der Waals surface area contributed by atoms with Gasteiger partial charge in [-0.3, -0.25) is 4.79 Å². The van der Waals surface area contributed by atoms with Gasteiger partial charge in [-0.15, -0.1) is 11.3 Å². The van der Waals surface area contributed by atoms with Crippen LogP contribution >= 0.6 is 11.3 Å². The van der Waals surface area contributed by atoms with Gasteiger partial charge >= 0.3 is 0 Å². The van der Waals surface area contributed by atoms with Crippen LogP contribution in [-0.4, -0.2) is 30.4 Å². The molecule has 4 heteroatoms. The van der Waals surface area contributed by atoms with Crippen molar-refractivity contribution in [2.75, 3.05) is 13.6 Å². The molecule has 0 radical (unpaired) electrons. The molecule has 1 atom stereocenters. The van der Waals surface area contributed by atoms with E-state index in [4.69, 9.17) is 5.73 Å². The lowest BCUT2D eigenvalue weighted by Gasteiger charge is -2.23. The Hall–Kier alpha value is -0.870. The van der Waals surface area contributed by atoms with Crippen LogP contribution in [-0.2, 0) is 11.2 Å².